The maximum atomic E-state index is 12.1. The number of hydrogen-bond acceptors (Lipinski definition) is 4. The topological polar surface area (TPSA) is 78.0 Å². The molecule has 98 valence electrons. The van der Waals surface area contributed by atoms with Crippen LogP contribution >= 0.6 is 0 Å². The molecule has 0 N–H and O–H groups in total. The lowest BCUT2D eigenvalue weighted by molar-refractivity contribution is -0.392. The second-order valence-electron chi connectivity index (χ2n) is 4.30. The van der Waals surface area contributed by atoms with Crippen molar-refractivity contribution in [1.82, 2.24) is 9.55 Å². The maximum absolute atomic E-state index is 12.1. The molecule has 1 aromatic heterocycles. The van der Waals surface area contributed by atoms with Gasteiger partial charge in [0.05, 0.1) is 0 Å². The lowest BCUT2D eigenvalue weighted by atomic mass is 10.1. The molecular weight excluding hydrogens is 246 g/mol. The number of aryl methyl sites for hydroxylation is 2. The number of rotatable bonds is 4. The second-order valence-corrected chi connectivity index (χ2v) is 4.30. The summed E-state index contributed by atoms with van der Waals surface area (Å²) in [4.78, 5) is 26.2. The highest BCUT2D eigenvalue weighted by atomic mass is 16.6. The molecule has 6 heteroatoms. The average Bonchev–Trinajstić information content (AvgIpc) is 2.72. The highest BCUT2D eigenvalue weighted by Gasteiger charge is 2.20. The van der Waals surface area contributed by atoms with E-state index >= 15 is 0 Å². The summed E-state index contributed by atoms with van der Waals surface area (Å²) in [6.07, 6.45) is 1.16. The van der Waals surface area contributed by atoms with E-state index in [1.165, 1.54) is 4.57 Å². The zero-order valence-electron chi connectivity index (χ0n) is 10.7. The Morgan fingerprint density at radius 1 is 1.32 bits per heavy atom. The van der Waals surface area contributed by atoms with E-state index in [2.05, 4.69) is 4.98 Å². The van der Waals surface area contributed by atoms with Gasteiger partial charge in [-0.1, -0.05) is 29.8 Å². The zero-order valence-corrected chi connectivity index (χ0v) is 10.7. The van der Waals surface area contributed by atoms with Crippen LogP contribution in [0.5, 0.6) is 0 Å². The molecule has 0 amide bonds. The predicted molar refractivity (Wildman–Crippen MR) is 69.1 cm³/mol. The van der Waals surface area contributed by atoms with Gasteiger partial charge in [0.1, 0.15) is 6.20 Å². The van der Waals surface area contributed by atoms with Gasteiger partial charge in [0, 0.05) is 12.5 Å². The summed E-state index contributed by atoms with van der Waals surface area (Å²) in [7, 11) is 0. The van der Waals surface area contributed by atoms with Gasteiger partial charge in [-0.3, -0.25) is 4.79 Å². The van der Waals surface area contributed by atoms with Crippen molar-refractivity contribution in [3.05, 3.63) is 57.5 Å². The minimum atomic E-state index is -0.539. The van der Waals surface area contributed by atoms with E-state index in [4.69, 9.17) is 0 Å². The number of nitro groups is 1. The van der Waals surface area contributed by atoms with Crippen molar-refractivity contribution in [2.75, 3.05) is 0 Å². The van der Waals surface area contributed by atoms with E-state index in [-0.39, 0.29) is 18.1 Å². The molecule has 0 saturated heterocycles. The summed E-state index contributed by atoms with van der Waals surface area (Å²) in [6, 6.07) is 7.11. The van der Waals surface area contributed by atoms with E-state index in [0.29, 0.717) is 11.4 Å². The van der Waals surface area contributed by atoms with E-state index in [9.17, 15) is 14.9 Å². The van der Waals surface area contributed by atoms with Crippen LogP contribution in [0.1, 0.15) is 21.7 Å². The van der Waals surface area contributed by atoms with Crippen LogP contribution in [0.4, 0.5) is 5.82 Å². The molecule has 6 nitrogen and oxygen atoms in total. The van der Waals surface area contributed by atoms with Crippen LogP contribution in [-0.2, 0) is 6.54 Å². The molecule has 0 fully saturated rings. The molecule has 0 bridgehead atoms. The fourth-order valence-corrected chi connectivity index (χ4v) is 1.77. The Labute approximate surface area is 109 Å². The van der Waals surface area contributed by atoms with E-state index < -0.39 is 4.92 Å². The van der Waals surface area contributed by atoms with E-state index in [1.807, 2.05) is 19.1 Å². The SMILES string of the molecule is Cc1ccc(C(=O)Cn2c([N+](=O)[O-])cnc2C)cc1. The third kappa shape index (κ3) is 2.67. The molecule has 0 aliphatic heterocycles. The van der Waals surface area contributed by atoms with Gasteiger partial charge in [-0.15, -0.1) is 0 Å². The third-order valence-electron chi connectivity index (χ3n) is 2.90. The minimum absolute atomic E-state index is 0.0782. The number of carbonyl (C=O) groups is 1. The first kappa shape index (κ1) is 12.9. The first-order valence-electron chi connectivity index (χ1n) is 5.75. The van der Waals surface area contributed by atoms with Crippen molar-refractivity contribution in [2.24, 2.45) is 0 Å². The molecule has 0 radical (unpaired) electrons. The lowest BCUT2D eigenvalue weighted by Crippen LogP contribution is -2.13. The molecule has 0 saturated carbocycles. The highest BCUT2D eigenvalue weighted by Crippen LogP contribution is 2.15. The van der Waals surface area contributed by atoms with Gasteiger partial charge in [0.15, 0.2) is 12.4 Å². The molecule has 0 aliphatic carbocycles. The number of Topliss-reactive ketones (excluding diaryl/α,β-unsaturated/α-hetero) is 1. The molecule has 0 atom stereocenters. The van der Waals surface area contributed by atoms with Crippen LogP contribution < -0.4 is 0 Å². The molecule has 19 heavy (non-hydrogen) atoms. The fraction of sp³-hybridized carbons (Fsp3) is 0.231. The summed E-state index contributed by atoms with van der Waals surface area (Å²) in [6.45, 7) is 3.49. The predicted octanol–water partition coefficient (Wildman–Crippen LogP) is 2.29. The van der Waals surface area contributed by atoms with Crippen molar-refractivity contribution in [3.8, 4) is 0 Å². The molecule has 1 aromatic carbocycles. The van der Waals surface area contributed by atoms with Gasteiger partial charge in [0.2, 0.25) is 5.78 Å². The molecule has 0 spiro atoms. The Bertz CT molecular complexity index is 629. The zero-order chi connectivity index (χ0) is 14.0. The van der Waals surface area contributed by atoms with Crippen molar-refractivity contribution in [1.29, 1.82) is 0 Å². The van der Waals surface area contributed by atoms with Crippen molar-refractivity contribution >= 4 is 11.6 Å². The number of ketones is 1. The number of benzene rings is 1. The Balaban J connectivity index is 2.26. The van der Waals surface area contributed by atoms with Crippen molar-refractivity contribution in [3.63, 3.8) is 0 Å². The fourth-order valence-electron chi connectivity index (χ4n) is 1.77. The average molecular weight is 259 g/mol. The standard InChI is InChI=1S/C13H13N3O3/c1-9-3-5-11(6-4-9)12(17)8-15-10(2)14-7-13(15)16(18)19/h3-7H,8H2,1-2H3. The largest absolute Gasteiger partial charge is 0.358 e. The van der Waals surface area contributed by atoms with Crippen LogP contribution in [0.2, 0.25) is 0 Å². The van der Waals surface area contributed by atoms with Crippen LogP contribution in [-0.4, -0.2) is 20.3 Å². The highest BCUT2D eigenvalue weighted by molar-refractivity contribution is 5.96. The summed E-state index contributed by atoms with van der Waals surface area (Å²) >= 11 is 0. The molecule has 0 unspecified atom stereocenters. The lowest BCUT2D eigenvalue weighted by Gasteiger charge is -2.03. The van der Waals surface area contributed by atoms with Gasteiger partial charge in [-0.25, -0.2) is 9.55 Å². The third-order valence-corrected chi connectivity index (χ3v) is 2.90. The molecule has 1 heterocycles. The van der Waals surface area contributed by atoms with Gasteiger partial charge >= 0.3 is 5.82 Å². The van der Waals surface area contributed by atoms with Crippen molar-refractivity contribution in [2.45, 2.75) is 20.4 Å². The Morgan fingerprint density at radius 2 is 1.95 bits per heavy atom. The van der Waals surface area contributed by atoms with E-state index in [0.717, 1.165) is 11.8 Å². The van der Waals surface area contributed by atoms with Crippen LogP contribution in [0.3, 0.4) is 0 Å². The smallest absolute Gasteiger partial charge is 0.343 e. The first-order valence-corrected chi connectivity index (χ1v) is 5.75. The number of nitrogens with zero attached hydrogens (tertiary/aromatic N) is 3. The van der Waals surface area contributed by atoms with Gasteiger partial charge in [-0.2, -0.15) is 0 Å². The molecule has 2 rings (SSSR count). The van der Waals surface area contributed by atoms with Crippen LogP contribution in [0.25, 0.3) is 0 Å². The number of carbonyl (C=O) groups excluding carboxylic acids is 1. The summed E-state index contributed by atoms with van der Waals surface area (Å²) in [5.74, 6) is 0.106. The summed E-state index contributed by atoms with van der Waals surface area (Å²) in [5, 5.41) is 10.8. The minimum Gasteiger partial charge on any atom is -0.358 e. The molecular formula is C13H13N3O3. The van der Waals surface area contributed by atoms with Gasteiger partial charge in [0.25, 0.3) is 0 Å². The first-order chi connectivity index (χ1) is 8.99. The Morgan fingerprint density at radius 3 is 2.53 bits per heavy atom. The summed E-state index contributed by atoms with van der Waals surface area (Å²) in [5.41, 5.74) is 1.59. The second kappa shape index (κ2) is 5.01. The number of aromatic nitrogens is 2. The van der Waals surface area contributed by atoms with Crippen LogP contribution in [0, 0.1) is 24.0 Å². The normalized spacial score (nSPS) is 10.4. The maximum Gasteiger partial charge on any atom is 0.343 e. The molecule has 2 aromatic rings. The Hall–Kier alpha value is -2.50. The van der Waals surface area contributed by atoms with Crippen LogP contribution in [0.15, 0.2) is 30.5 Å². The van der Waals surface area contributed by atoms with Crippen molar-refractivity contribution < 1.29 is 9.72 Å². The molecule has 0 aliphatic rings. The van der Waals surface area contributed by atoms with Gasteiger partial charge in [-0.05, 0) is 11.8 Å². The monoisotopic (exact) mass is 259 g/mol. The number of hydrogen-bond donors (Lipinski definition) is 0. The summed E-state index contributed by atoms with van der Waals surface area (Å²) < 4.78 is 1.31. The Kier molecular flexibility index (Phi) is 3.41. The van der Waals surface area contributed by atoms with E-state index in [1.54, 1.807) is 19.1 Å². The van der Waals surface area contributed by atoms with Gasteiger partial charge < -0.3 is 10.1 Å². The number of imidazole rings is 1. The quantitative estimate of drug-likeness (QED) is 0.479.